The van der Waals surface area contributed by atoms with Gasteiger partial charge in [0, 0.05) is 11.7 Å². The van der Waals surface area contributed by atoms with Crippen LogP contribution in [0.5, 0.6) is 0 Å². The van der Waals surface area contributed by atoms with Crippen molar-refractivity contribution in [2.45, 2.75) is 57.9 Å². The molecule has 0 spiro atoms. The van der Waals surface area contributed by atoms with Crippen LogP contribution in [0, 0.1) is 18.8 Å². The summed E-state index contributed by atoms with van der Waals surface area (Å²) in [5.74, 6) is -0.262. The molecule has 2 amide bonds. The summed E-state index contributed by atoms with van der Waals surface area (Å²) in [7, 11) is 0. The summed E-state index contributed by atoms with van der Waals surface area (Å²) in [5, 5.41) is 6.08. The van der Waals surface area contributed by atoms with Gasteiger partial charge in [-0.1, -0.05) is 37.8 Å². The number of benzene rings is 1. The first-order valence-corrected chi connectivity index (χ1v) is 8.81. The van der Waals surface area contributed by atoms with E-state index in [1.807, 2.05) is 31.2 Å². The molecule has 23 heavy (non-hydrogen) atoms. The highest BCUT2D eigenvalue weighted by molar-refractivity contribution is 5.99. The van der Waals surface area contributed by atoms with Gasteiger partial charge in [-0.05, 0) is 43.9 Å². The molecule has 2 unspecified atom stereocenters. The lowest BCUT2D eigenvalue weighted by Crippen LogP contribution is -2.36. The number of hydrogen-bond acceptors (Lipinski definition) is 2. The monoisotopic (exact) mass is 314 g/mol. The standard InChI is InChI=1S/C19H26N2O2/c1-13-7-6-10-15(11-13)21-19(23)17-12-16(17)18(22)20-14-8-4-2-3-5-9-14/h6-7,10-11,14,16-17H,2-5,8-9,12H2,1H3,(H,20,22)(H,21,23). The summed E-state index contributed by atoms with van der Waals surface area (Å²) < 4.78 is 0. The largest absolute Gasteiger partial charge is 0.353 e. The molecule has 4 nitrogen and oxygen atoms in total. The van der Waals surface area contributed by atoms with E-state index in [1.54, 1.807) is 0 Å². The van der Waals surface area contributed by atoms with Crippen molar-refractivity contribution in [3.05, 3.63) is 29.8 Å². The van der Waals surface area contributed by atoms with Crippen molar-refractivity contribution in [1.82, 2.24) is 5.32 Å². The van der Waals surface area contributed by atoms with Gasteiger partial charge in [-0.3, -0.25) is 9.59 Å². The Morgan fingerprint density at radius 1 is 1.00 bits per heavy atom. The molecule has 0 radical (unpaired) electrons. The zero-order valence-electron chi connectivity index (χ0n) is 13.8. The highest BCUT2D eigenvalue weighted by Crippen LogP contribution is 2.39. The van der Waals surface area contributed by atoms with Crippen molar-refractivity contribution in [2.24, 2.45) is 11.8 Å². The predicted octanol–water partition coefficient (Wildman–Crippen LogP) is 3.41. The molecule has 0 bridgehead atoms. The van der Waals surface area contributed by atoms with E-state index in [1.165, 1.54) is 25.7 Å². The van der Waals surface area contributed by atoms with Gasteiger partial charge in [-0.2, -0.15) is 0 Å². The molecule has 4 heteroatoms. The summed E-state index contributed by atoms with van der Waals surface area (Å²) in [6.45, 7) is 2.00. The quantitative estimate of drug-likeness (QED) is 0.837. The van der Waals surface area contributed by atoms with Gasteiger partial charge in [0.25, 0.3) is 0 Å². The van der Waals surface area contributed by atoms with E-state index >= 15 is 0 Å². The van der Waals surface area contributed by atoms with Crippen molar-refractivity contribution in [3.63, 3.8) is 0 Å². The molecule has 2 atom stereocenters. The first-order chi connectivity index (χ1) is 11.1. The van der Waals surface area contributed by atoms with Gasteiger partial charge < -0.3 is 10.6 Å². The van der Waals surface area contributed by atoms with Crippen molar-refractivity contribution >= 4 is 17.5 Å². The second kappa shape index (κ2) is 7.16. The maximum Gasteiger partial charge on any atom is 0.228 e. The van der Waals surface area contributed by atoms with Crippen molar-refractivity contribution in [3.8, 4) is 0 Å². The lowest BCUT2D eigenvalue weighted by atomic mass is 10.1. The van der Waals surface area contributed by atoms with E-state index in [-0.39, 0.29) is 23.7 Å². The molecular weight excluding hydrogens is 288 g/mol. The van der Waals surface area contributed by atoms with Gasteiger partial charge in [-0.25, -0.2) is 0 Å². The third kappa shape index (κ3) is 4.34. The van der Waals surface area contributed by atoms with Gasteiger partial charge in [0.15, 0.2) is 0 Å². The molecule has 2 fully saturated rings. The molecule has 2 saturated carbocycles. The lowest BCUT2D eigenvalue weighted by molar-refractivity contribution is -0.125. The first-order valence-electron chi connectivity index (χ1n) is 8.81. The molecule has 0 heterocycles. The molecular formula is C19H26N2O2. The number of carbonyl (C=O) groups excluding carboxylic acids is 2. The number of carbonyl (C=O) groups is 2. The van der Waals surface area contributed by atoms with E-state index in [0.29, 0.717) is 12.5 Å². The number of amides is 2. The molecule has 0 saturated heterocycles. The van der Waals surface area contributed by atoms with E-state index in [0.717, 1.165) is 24.1 Å². The number of aryl methyl sites for hydroxylation is 1. The van der Waals surface area contributed by atoms with Crippen molar-refractivity contribution in [1.29, 1.82) is 0 Å². The van der Waals surface area contributed by atoms with Gasteiger partial charge in [0.1, 0.15) is 0 Å². The molecule has 2 aliphatic carbocycles. The average Bonchev–Trinajstić information content (AvgIpc) is 3.32. The normalized spacial score (nSPS) is 24.6. The maximum absolute atomic E-state index is 12.3. The second-order valence-corrected chi connectivity index (χ2v) is 7.00. The highest BCUT2D eigenvalue weighted by Gasteiger charge is 2.48. The second-order valence-electron chi connectivity index (χ2n) is 7.00. The van der Waals surface area contributed by atoms with Crippen molar-refractivity contribution in [2.75, 3.05) is 5.32 Å². The Balaban J connectivity index is 1.48. The van der Waals surface area contributed by atoms with Crippen LogP contribution in [-0.4, -0.2) is 17.9 Å². The molecule has 124 valence electrons. The van der Waals surface area contributed by atoms with E-state index in [9.17, 15) is 9.59 Å². The van der Waals surface area contributed by atoms with Crippen LogP contribution in [0.3, 0.4) is 0 Å². The number of nitrogens with one attached hydrogen (secondary N) is 2. The number of hydrogen-bond donors (Lipinski definition) is 2. The van der Waals surface area contributed by atoms with Crippen LogP contribution in [0.1, 0.15) is 50.5 Å². The Morgan fingerprint density at radius 3 is 2.39 bits per heavy atom. The van der Waals surface area contributed by atoms with Crippen molar-refractivity contribution < 1.29 is 9.59 Å². The summed E-state index contributed by atoms with van der Waals surface area (Å²) in [5.41, 5.74) is 1.92. The minimum absolute atomic E-state index is 0.0309. The summed E-state index contributed by atoms with van der Waals surface area (Å²) in [6, 6.07) is 8.06. The highest BCUT2D eigenvalue weighted by atomic mass is 16.2. The number of rotatable bonds is 4. The molecule has 2 N–H and O–H groups in total. The zero-order chi connectivity index (χ0) is 16.2. The fourth-order valence-electron chi connectivity index (χ4n) is 3.46. The van der Waals surface area contributed by atoms with Crippen LogP contribution < -0.4 is 10.6 Å². The SMILES string of the molecule is Cc1cccc(NC(=O)C2CC2C(=O)NC2CCCCCC2)c1. The minimum atomic E-state index is -0.165. The molecule has 1 aromatic rings. The Bertz CT molecular complexity index is 576. The third-order valence-corrected chi connectivity index (χ3v) is 4.95. The minimum Gasteiger partial charge on any atom is -0.353 e. The summed E-state index contributed by atoms with van der Waals surface area (Å²) >= 11 is 0. The molecule has 0 aromatic heterocycles. The van der Waals surface area contributed by atoms with Crippen LogP contribution in [0.4, 0.5) is 5.69 Å². The molecule has 0 aliphatic heterocycles. The fraction of sp³-hybridized carbons (Fsp3) is 0.579. The Labute approximate surface area is 138 Å². The fourth-order valence-corrected chi connectivity index (χ4v) is 3.46. The predicted molar refractivity (Wildman–Crippen MR) is 91.0 cm³/mol. The van der Waals surface area contributed by atoms with Crippen LogP contribution in [-0.2, 0) is 9.59 Å². The van der Waals surface area contributed by atoms with Crippen LogP contribution >= 0.6 is 0 Å². The number of anilines is 1. The van der Waals surface area contributed by atoms with Gasteiger partial charge in [-0.15, -0.1) is 0 Å². The third-order valence-electron chi connectivity index (χ3n) is 4.95. The molecule has 3 rings (SSSR count). The van der Waals surface area contributed by atoms with Gasteiger partial charge in [0.05, 0.1) is 11.8 Å². The van der Waals surface area contributed by atoms with Crippen LogP contribution in [0.2, 0.25) is 0 Å². The van der Waals surface area contributed by atoms with E-state index in [4.69, 9.17) is 0 Å². The summed E-state index contributed by atoms with van der Waals surface area (Å²) in [6.07, 6.45) is 7.79. The lowest BCUT2D eigenvalue weighted by Gasteiger charge is -2.16. The first kappa shape index (κ1) is 16.0. The van der Waals surface area contributed by atoms with Crippen LogP contribution in [0.15, 0.2) is 24.3 Å². The average molecular weight is 314 g/mol. The van der Waals surface area contributed by atoms with Gasteiger partial charge in [0.2, 0.25) is 11.8 Å². The van der Waals surface area contributed by atoms with E-state index < -0.39 is 0 Å². The smallest absolute Gasteiger partial charge is 0.228 e. The topological polar surface area (TPSA) is 58.2 Å². The zero-order valence-corrected chi connectivity index (χ0v) is 13.8. The van der Waals surface area contributed by atoms with Crippen LogP contribution in [0.25, 0.3) is 0 Å². The Hall–Kier alpha value is -1.84. The molecule has 1 aromatic carbocycles. The summed E-state index contributed by atoms with van der Waals surface area (Å²) in [4.78, 5) is 24.6. The Morgan fingerprint density at radius 2 is 1.70 bits per heavy atom. The maximum atomic E-state index is 12.3. The van der Waals surface area contributed by atoms with Gasteiger partial charge >= 0.3 is 0 Å². The Kier molecular flexibility index (Phi) is 4.99. The molecule has 2 aliphatic rings. The van der Waals surface area contributed by atoms with E-state index in [2.05, 4.69) is 10.6 Å².